The van der Waals surface area contributed by atoms with Gasteiger partial charge >= 0.3 is 0 Å². The van der Waals surface area contributed by atoms with Gasteiger partial charge in [-0.2, -0.15) is 0 Å². The van der Waals surface area contributed by atoms with E-state index in [1.54, 1.807) is 6.08 Å². The number of allylic oxidation sites excluding steroid dienone is 6. The third-order valence-electron chi connectivity index (χ3n) is 2.17. The first-order valence-electron chi connectivity index (χ1n) is 5.52. The van der Waals surface area contributed by atoms with Crippen LogP contribution in [-0.4, -0.2) is 6.29 Å². The lowest BCUT2D eigenvalue weighted by Gasteiger charge is -1.98. The number of carbonyl (C=O) groups is 1. The van der Waals surface area contributed by atoms with Crippen molar-refractivity contribution in [2.75, 3.05) is 0 Å². The number of benzene rings is 1. The van der Waals surface area contributed by atoms with Gasteiger partial charge in [-0.05, 0) is 23.6 Å². The van der Waals surface area contributed by atoms with Crippen molar-refractivity contribution in [1.29, 1.82) is 0 Å². The van der Waals surface area contributed by atoms with Crippen molar-refractivity contribution < 1.29 is 4.79 Å². The van der Waals surface area contributed by atoms with Crippen LogP contribution in [0, 0.1) is 0 Å². The van der Waals surface area contributed by atoms with Crippen LogP contribution in [0.4, 0.5) is 0 Å². The fraction of sp³-hybridized carbons (Fsp3) is 0.0625. The number of hydrogen-bond donors (Lipinski definition) is 0. The van der Waals surface area contributed by atoms with E-state index in [9.17, 15) is 4.79 Å². The molecule has 0 atom stereocenters. The van der Waals surface area contributed by atoms with Crippen LogP contribution in [0.3, 0.4) is 0 Å². The molecule has 0 N–H and O–H groups in total. The van der Waals surface area contributed by atoms with E-state index in [0.29, 0.717) is 0 Å². The number of aldehydes is 1. The van der Waals surface area contributed by atoms with Gasteiger partial charge in [0.05, 0.1) is 0 Å². The van der Waals surface area contributed by atoms with Gasteiger partial charge in [0.2, 0.25) is 0 Å². The maximum atomic E-state index is 10.2. The molecule has 86 valence electrons. The summed E-state index contributed by atoms with van der Waals surface area (Å²) < 4.78 is 0. The zero-order valence-electron chi connectivity index (χ0n) is 9.75. The predicted molar refractivity (Wildman–Crippen MR) is 73.6 cm³/mol. The van der Waals surface area contributed by atoms with E-state index in [4.69, 9.17) is 0 Å². The fourth-order valence-corrected chi connectivity index (χ4v) is 1.39. The summed E-state index contributed by atoms with van der Waals surface area (Å²) in [5.74, 6) is 0. The van der Waals surface area contributed by atoms with Gasteiger partial charge in [-0.3, -0.25) is 4.79 Å². The van der Waals surface area contributed by atoms with Gasteiger partial charge in [-0.15, -0.1) is 0 Å². The van der Waals surface area contributed by atoms with E-state index in [1.165, 1.54) is 6.08 Å². The lowest BCUT2D eigenvalue weighted by molar-refractivity contribution is -0.104. The maximum absolute atomic E-state index is 10.2. The Balaban J connectivity index is 2.85. The maximum Gasteiger partial charge on any atom is 0.142 e. The van der Waals surface area contributed by atoms with E-state index < -0.39 is 0 Å². The molecular formula is C16H16O. The standard InChI is InChI=1S/C16H16O/c1-2-3-9-15(12-7-8-13-17)14-16-10-5-4-6-11-16/h2-11,13-14H,1,12H2. The Morgan fingerprint density at radius 1 is 1.18 bits per heavy atom. The molecule has 1 aromatic rings. The number of carbonyl (C=O) groups excluding carboxylic acids is 1. The molecule has 1 nitrogen and oxygen atoms in total. The molecule has 0 aliphatic rings. The normalized spacial score (nSPS) is 12.1. The summed E-state index contributed by atoms with van der Waals surface area (Å²) in [5.41, 5.74) is 2.28. The molecular weight excluding hydrogens is 208 g/mol. The van der Waals surface area contributed by atoms with E-state index in [0.717, 1.165) is 23.8 Å². The van der Waals surface area contributed by atoms with Crippen molar-refractivity contribution in [2.45, 2.75) is 6.42 Å². The van der Waals surface area contributed by atoms with Gasteiger partial charge in [0, 0.05) is 0 Å². The van der Waals surface area contributed by atoms with Crippen LogP contribution in [0.5, 0.6) is 0 Å². The molecule has 0 amide bonds. The molecule has 0 saturated heterocycles. The highest BCUT2D eigenvalue weighted by atomic mass is 16.1. The first-order chi connectivity index (χ1) is 8.36. The minimum atomic E-state index is 0.734. The quantitative estimate of drug-likeness (QED) is 0.406. The van der Waals surface area contributed by atoms with Crippen molar-refractivity contribution in [2.24, 2.45) is 0 Å². The lowest BCUT2D eigenvalue weighted by Crippen LogP contribution is -1.78. The van der Waals surface area contributed by atoms with Gasteiger partial charge < -0.3 is 0 Å². The molecule has 0 bridgehead atoms. The van der Waals surface area contributed by atoms with E-state index >= 15 is 0 Å². The second-order valence-electron chi connectivity index (χ2n) is 3.49. The topological polar surface area (TPSA) is 17.1 Å². The molecule has 0 spiro atoms. The SMILES string of the molecule is C=CC=CC(=Cc1ccccc1)CC=CC=O. The highest BCUT2D eigenvalue weighted by Crippen LogP contribution is 2.11. The van der Waals surface area contributed by atoms with Crippen LogP contribution < -0.4 is 0 Å². The zero-order chi connectivity index (χ0) is 12.3. The van der Waals surface area contributed by atoms with Crippen molar-refractivity contribution in [3.05, 3.63) is 78.4 Å². The molecule has 0 fully saturated rings. The summed E-state index contributed by atoms with van der Waals surface area (Å²) >= 11 is 0. The van der Waals surface area contributed by atoms with Gasteiger partial charge in [-0.1, -0.05) is 67.3 Å². The Labute approximate surface area is 102 Å². The highest BCUT2D eigenvalue weighted by molar-refractivity contribution is 5.65. The minimum Gasteiger partial charge on any atom is -0.299 e. The van der Waals surface area contributed by atoms with Crippen LogP contribution in [0.15, 0.2) is 72.9 Å². The van der Waals surface area contributed by atoms with Gasteiger partial charge in [0.1, 0.15) is 6.29 Å². The van der Waals surface area contributed by atoms with Crippen LogP contribution in [0.1, 0.15) is 12.0 Å². The van der Waals surface area contributed by atoms with Crippen LogP contribution in [0.2, 0.25) is 0 Å². The Bertz CT molecular complexity index is 436. The molecule has 0 saturated carbocycles. The van der Waals surface area contributed by atoms with Crippen molar-refractivity contribution in [3.8, 4) is 0 Å². The Hall–Kier alpha value is -2.15. The molecule has 0 heterocycles. The van der Waals surface area contributed by atoms with Gasteiger partial charge in [0.25, 0.3) is 0 Å². The first kappa shape index (κ1) is 12.9. The van der Waals surface area contributed by atoms with Gasteiger partial charge in [-0.25, -0.2) is 0 Å². The molecule has 17 heavy (non-hydrogen) atoms. The second-order valence-corrected chi connectivity index (χ2v) is 3.49. The Morgan fingerprint density at radius 3 is 2.59 bits per heavy atom. The first-order valence-corrected chi connectivity index (χ1v) is 5.52. The monoisotopic (exact) mass is 224 g/mol. The summed E-state index contributed by atoms with van der Waals surface area (Å²) in [6.45, 7) is 3.65. The molecule has 1 heteroatoms. The van der Waals surface area contributed by atoms with E-state index in [-0.39, 0.29) is 0 Å². The Kier molecular flexibility index (Phi) is 6.12. The summed E-state index contributed by atoms with van der Waals surface area (Å²) in [4.78, 5) is 10.2. The van der Waals surface area contributed by atoms with Gasteiger partial charge in [0.15, 0.2) is 0 Å². The summed E-state index contributed by atoms with van der Waals surface area (Å²) in [6.07, 6.45) is 12.6. The number of rotatable bonds is 6. The molecule has 0 radical (unpaired) electrons. The number of hydrogen-bond acceptors (Lipinski definition) is 1. The van der Waals surface area contributed by atoms with Crippen molar-refractivity contribution >= 4 is 12.4 Å². The molecule has 1 aromatic carbocycles. The highest BCUT2D eigenvalue weighted by Gasteiger charge is 1.91. The molecule has 0 unspecified atom stereocenters. The third-order valence-corrected chi connectivity index (χ3v) is 2.17. The molecule has 0 aliphatic carbocycles. The van der Waals surface area contributed by atoms with E-state index in [1.807, 2.05) is 48.6 Å². The fourth-order valence-electron chi connectivity index (χ4n) is 1.39. The third kappa shape index (κ3) is 5.47. The summed E-state index contributed by atoms with van der Waals surface area (Å²) in [6, 6.07) is 10.1. The largest absolute Gasteiger partial charge is 0.299 e. The smallest absolute Gasteiger partial charge is 0.142 e. The van der Waals surface area contributed by atoms with Crippen LogP contribution in [-0.2, 0) is 4.79 Å². The minimum absolute atomic E-state index is 0.734. The average molecular weight is 224 g/mol. The molecule has 1 rings (SSSR count). The average Bonchev–Trinajstić information content (AvgIpc) is 2.37. The Morgan fingerprint density at radius 2 is 1.94 bits per heavy atom. The van der Waals surface area contributed by atoms with E-state index in [2.05, 4.69) is 12.7 Å². The van der Waals surface area contributed by atoms with Crippen LogP contribution >= 0.6 is 0 Å². The second kappa shape index (κ2) is 8.05. The zero-order valence-corrected chi connectivity index (χ0v) is 9.75. The summed E-state index contributed by atoms with van der Waals surface area (Å²) in [7, 11) is 0. The van der Waals surface area contributed by atoms with Crippen molar-refractivity contribution in [1.82, 2.24) is 0 Å². The summed E-state index contributed by atoms with van der Waals surface area (Å²) in [5, 5.41) is 0. The predicted octanol–water partition coefficient (Wildman–Crippen LogP) is 3.96. The molecule has 0 aliphatic heterocycles. The van der Waals surface area contributed by atoms with Crippen LogP contribution in [0.25, 0.3) is 6.08 Å². The molecule has 0 aromatic heterocycles. The van der Waals surface area contributed by atoms with Crippen molar-refractivity contribution in [3.63, 3.8) is 0 Å². The lowest BCUT2D eigenvalue weighted by atomic mass is 10.1.